The quantitative estimate of drug-likeness (QED) is 0.561. The molecule has 4 rings (SSSR count). The molecule has 0 saturated carbocycles. The van der Waals surface area contributed by atoms with E-state index in [2.05, 4.69) is 17.4 Å². The van der Waals surface area contributed by atoms with Gasteiger partial charge >= 0.3 is 6.09 Å². The number of halogens is 2. The van der Waals surface area contributed by atoms with Gasteiger partial charge in [-0.25, -0.2) is 4.79 Å². The van der Waals surface area contributed by atoms with E-state index in [4.69, 9.17) is 4.74 Å². The van der Waals surface area contributed by atoms with Crippen LogP contribution in [0.5, 0.6) is 0 Å². The molecule has 0 spiro atoms. The maximum Gasteiger partial charge on any atom is 0.410 e. The lowest BCUT2D eigenvalue weighted by atomic mass is 9.97. The molecule has 192 valence electrons. The van der Waals surface area contributed by atoms with Crippen LogP contribution in [0.3, 0.4) is 0 Å². The van der Waals surface area contributed by atoms with Gasteiger partial charge < -0.3 is 19.6 Å². The van der Waals surface area contributed by atoms with Crippen molar-refractivity contribution in [3.8, 4) is 0 Å². The number of carbonyl (C=O) groups excluding carboxylic acids is 3. The smallest absolute Gasteiger partial charge is 0.410 e. The minimum atomic E-state index is -0.546. The fourth-order valence-electron chi connectivity index (χ4n) is 4.34. The summed E-state index contributed by atoms with van der Waals surface area (Å²) in [6.45, 7) is 6.93. The van der Waals surface area contributed by atoms with Gasteiger partial charge in [0.2, 0.25) is 0 Å². The zero-order chi connectivity index (χ0) is 23.8. The van der Waals surface area contributed by atoms with Crippen molar-refractivity contribution in [2.75, 3.05) is 13.1 Å². The molecular formula is C27H36Cl2N2O4. The molecule has 8 heteroatoms. The second-order valence-electron chi connectivity index (χ2n) is 9.67. The SMILES string of the molecule is CC(C)(C)OC(=O)N1CC(c2ccccc2)CC1C=O.Cl.Cl.O=CC1CC(c2ccccc2)CN1. The molecule has 2 aromatic carbocycles. The summed E-state index contributed by atoms with van der Waals surface area (Å²) in [5.74, 6) is 0.704. The van der Waals surface area contributed by atoms with Crippen LogP contribution in [0.1, 0.15) is 56.6 Å². The number of aldehydes is 2. The zero-order valence-electron chi connectivity index (χ0n) is 20.5. The lowest BCUT2D eigenvalue weighted by Gasteiger charge is -2.26. The number of nitrogens with zero attached hydrogens (tertiary/aromatic N) is 1. The number of carbonyl (C=O) groups is 3. The molecule has 2 aliphatic heterocycles. The Kier molecular flexibility index (Phi) is 12.4. The van der Waals surface area contributed by atoms with Crippen LogP contribution >= 0.6 is 24.8 Å². The predicted molar refractivity (Wildman–Crippen MR) is 143 cm³/mol. The molecule has 6 nitrogen and oxygen atoms in total. The van der Waals surface area contributed by atoms with Gasteiger partial charge in [-0.15, -0.1) is 24.8 Å². The number of nitrogens with one attached hydrogen (secondary N) is 1. The molecule has 2 saturated heterocycles. The number of amides is 1. The highest BCUT2D eigenvalue weighted by Gasteiger charge is 2.37. The van der Waals surface area contributed by atoms with Gasteiger partial charge in [-0.1, -0.05) is 60.7 Å². The molecule has 2 aromatic rings. The average Bonchev–Trinajstić information content (AvgIpc) is 3.47. The summed E-state index contributed by atoms with van der Waals surface area (Å²) >= 11 is 0. The summed E-state index contributed by atoms with van der Waals surface area (Å²) < 4.78 is 5.37. The standard InChI is InChI=1S/C16H21NO3.C11H13NO.2ClH/c1-16(2,3)20-15(19)17-10-13(9-14(17)11-18)12-7-5-4-6-8-12;13-8-11-6-10(7-12-11)9-4-2-1-3-5-9;;/h4-8,11,13-14H,9-10H2,1-3H3;1-5,8,10-12H,6-7H2;2*1H. The molecule has 0 radical (unpaired) electrons. The molecule has 2 heterocycles. The highest BCUT2D eigenvalue weighted by molar-refractivity contribution is 5.85. The van der Waals surface area contributed by atoms with E-state index in [0.29, 0.717) is 18.9 Å². The van der Waals surface area contributed by atoms with Crippen molar-refractivity contribution in [2.24, 2.45) is 0 Å². The maximum absolute atomic E-state index is 12.2. The first kappa shape index (κ1) is 30.6. The second kappa shape index (κ2) is 14.2. The number of ether oxygens (including phenoxy) is 1. The van der Waals surface area contributed by atoms with Crippen LogP contribution in [0.2, 0.25) is 0 Å². The molecule has 2 aliphatic rings. The number of likely N-dealkylation sites (tertiary alicyclic amines) is 1. The lowest BCUT2D eigenvalue weighted by Crippen LogP contribution is -2.40. The minimum absolute atomic E-state index is 0. The Labute approximate surface area is 220 Å². The first-order valence-electron chi connectivity index (χ1n) is 11.5. The van der Waals surface area contributed by atoms with E-state index in [-0.39, 0.29) is 36.8 Å². The molecule has 4 atom stereocenters. The fraction of sp³-hybridized carbons (Fsp3) is 0.444. The minimum Gasteiger partial charge on any atom is -0.444 e. The Morgan fingerprint density at radius 1 is 0.886 bits per heavy atom. The highest BCUT2D eigenvalue weighted by Crippen LogP contribution is 2.32. The van der Waals surface area contributed by atoms with Gasteiger partial charge in [0.1, 0.15) is 18.2 Å². The Hall–Kier alpha value is -2.41. The number of hydrogen-bond acceptors (Lipinski definition) is 5. The monoisotopic (exact) mass is 522 g/mol. The molecular weight excluding hydrogens is 487 g/mol. The molecule has 4 unspecified atom stereocenters. The molecule has 0 aromatic heterocycles. The topological polar surface area (TPSA) is 75.7 Å². The van der Waals surface area contributed by atoms with Crippen LogP contribution in [0, 0.1) is 0 Å². The molecule has 1 amide bonds. The summed E-state index contributed by atoms with van der Waals surface area (Å²) in [4.78, 5) is 35.4. The van der Waals surface area contributed by atoms with E-state index in [9.17, 15) is 14.4 Å². The summed E-state index contributed by atoms with van der Waals surface area (Å²) in [7, 11) is 0. The Bertz CT molecular complexity index is 922. The Morgan fingerprint density at radius 3 is 1.89 bits per heavy atom. The van der Waals surface area contributed by atoms with Crippen molar-refractivity contribution >= 4 is 43.5 Å². The van der Waals surface area contributed by atoms with Crippen molar-refractivity contribution in [3.63, 3.8) is 0 Å². The van der Waals surface area contributed by atoms with E-state index in [1.165, 1.54) is 10.5 Å². The molecule has 0 bridgehead atoms. The van der Waals surface area contributed by atoms with Crippen LogP contribution in [0.4, 0.5) is 4.79 Å². The predicted octanol–water partition coefficient (Wildman–Crippen LogP) is 5.15. The van der Waals surface area contributed by atoms with Crippen LogP contribution in [0.25, 0.3) is 0 Å². The first-order chi connectivity index (χ1) is 15.8. The van der Waals surface area contributed by atoms with Crippen LogP contribution in [-0.4, -0.2) is 54.3 Å². The molecule has 1 N–H and O–H groups in total. The first-order valence-corrected chi connectivity index (χ1v) is 11.5. The van der Waals surface area contributed by atoms with E-state index in [0.717, 1.165) is 31.1 Å². The molecule has 2 fully saturated rings. The highest BCUT2D eigenvalue weighted by atomic mass is 35.5. The largest absolute Gasteiger partial charge is 0.444 e. The Balaban J connectivity index is 0.000000356. The van der Waals surface area contributed by atoms with Crippen LogP contribution in [-0.2, 0) is 14.3 Å². The van der Waals surface area contributed by atoms with Crippen molar-refractivity contribution in [3.05, 3.63) is 71.8 Å². The van der Waals surface area contributed by atoms with Gasteiger partial charge in [0.15, 0.2) is 0 Å². The summed E-state index contributed by atoms with van der Waals surface area (Å²) in [6.07, 6.45) is 3.03. The maximum atomic E-state index is 12.2. The van der Waals surface area contributed by atoms with Crippen molar-refractivity contribution in [2.45, 2.75) is 63.1 Å². The van der Waals surface area contributed by atoms with Gasteiger partial charge in [-0.05, 0) is 50.7 Å². The van der Waals surface area contributed by atoms with Crippen LogP contribution < -0.4 is 5.32 Å². The van der Waals surface area contributed by atoms with E-state index >= 15 is 0 Å². The van der Waals surface area contributed by atoms with Gasteiger partial charge in [0, 0.05) is 19.0 Å². The van der Waals surface area contributed by atoms with E-state index in [1.54, 1.807) is 0 Å². The normalized spacial score (nSPS) is 23.1. The third-order valence-corrected chi connectivity index (χ3v) is 6.00. The second-order valence-corrected chi connectivity index (χ2v) is 9.67. The van der Waals surface area contributed by atoms with Gasteiger partial charge in [-0.2, -0.15) is 0 Å². The summed E-state index contributed by atoms with van der Waals surface area (Å²) in [5, 5.41) is 3.19. The number of hydrogen-bond donors (Lipinski definition) is 1. The van der Waals surface area contributed by atoms with Gasteiger partial charge in [0.05, 0.1) is 12.1 Å². The zero-order valence-corrected chi connectivity index (χ0v) is 22.1. The van der Waals surface area contributed by atoms with Crippen molar-refractivity contribution in [1.82, 2.24) is 10.2 Å². The fourth-order valence-corrected chi connectivity index (χ4v) is 4.34. The third kappa shape index (κ3) is 8.95. The molecule has 0 aliphatic carbocycles. The Morgan fingerprint density at radius 2 is 1.43 bits per heavy atom. The third-order valence-electron chi connectivity index (χ3n) is 6.00. The number of benzene rings is 2. The van der Waals surface area contributed by atoms with Crippen LogP contribution in [0.15, 0.2) is 60.7 Å². The summed E-state index contributed by atoms with van der Waals surface area (Å²) in [6, 6.07) is 20.0. The lowest BCUT2D eigenvalue weighted by molar-refractivity contribution is -0.111. The van der Waals surface area contributed by atoms with E-state index in [1.807, 2.05) is 69.3 Å². The van der Waals surface area contributed by atoms with E-state index < -0.39 is 17.7 Å². The average molecular weight is 524 g/mol. The van der Waals surface area contributed by atoms with Gasteiger partial charge in [0.25, 0.3) is 0 Å². The van der Waals surface area contributed by atoms with Crippen molar-refractivity contribution in [1.29, 1.82) is 0 Å². The van der Waals surface area contributed by atoms with Crippen molar-refractivity contribution < 1.29 is 19.1 Å². The molecule has 35 heavy (non-hydrogen) atoms. The number of rotatable bonds is 4. The van der Waals surface area contributed by atoms with Gasteiger partial charge in [-0.3, -0.25) is 4.90 Å². The summed E-state index contributed by atoms with van der Waals surface area (Å²) in [5.41, 5.74) is 1.94.